The average molecular weight is 507 g/mol. The van der Waals surface area contributed by atoms with Gasteiger partial charge in [0.15, 0.2) is 0 Å². The number of carbonyl (C=O) groups excluding carboxylic acids is 3. The highest BCUT2D eigenvalue weighted by Crippen LogP contribution is 2.34. The van der Waals surface area contributed by atoms with Crippen molar-refractivity contribution in [2.45, 2.75) is 40.2 Å². The Bertz CT molecular complexity index is 1330. The molecule has 1 aliphatic heterocycles. The lowest BCUT2D eigenvalue weighted by molar-refractivity contribution is -0.123. The quantitative estimate of drug-likeness (QED) is 0.200. The number of hydrogen-bond acceptors (Lipinski definition) is 5. The fourth-order valence-corrected chi connectivity index (χ4v) is 4.85. The molecular formula is C28H27FN2O4S. The van der Waals surface area contributed by atoms with Crippen molar-refractivity contribution >= 4 is 35.0 Å². The SMILES string of the molecule is CCCCOC(=O)c1ccc(-n2c(C)cc(/C=C3\SC(=O)N(Cc4ccc(F)cc4)C3=O)c2C)cc1. The number of rotatable bonds is 8. The van der Waals surface area contributed by atoms with E-state index >= 15 is 0 Å². The molecular weight excluding hydrogens is 479 g/mol. The van der Waals surface area contributed by atoms with Crippen LogP contribution in [0.4, 0.5) is 9.18 Å². The first kappa shape index (κ1) is 25.4. The van der Waals surface area contributed by atoms with Gasteiger partial charge >= 0.3 is 5.97 Å². The first-order chi connectivity index (χ1) is 17.3. The fraction of sp³-hybridized carbons (Fsp3) is 0.250. The molecule has 0 atom stereocenters. The second-order valence-corrected chi connectivity index (χ2v) is 9.59. The van der Waals surface area contributed by atoms with Crippen LogP contribution in [-0.2, 0) is 16.1 Å². The Morgan fingerprint density at radius 1 is 1.06 bits per heavy atom. The van der Waals surface area contributed by atoms with Crippen LogP contribution in [0.5, 0.6) is 0 Å². The van der Waals surface area contributed by atoms with Gasteiger partial charge in [0.05, 0.1) is 23.6 Å². The van der Waals surface area contributed by atoms with Crippen LogP contribution in [0, 0.1) is 19.7 Å². The summed E-state index contributed by atoms with van der Waals surface area (Å²) in [5.41, 5.74) is 4.71. The third-order valence-electron chi connectivity index (χ3n) is 5.98. The van der Waals surface area contributed by atoms with E-state index in [-0.39, 0.29) is 29.5 Å². The zero-order chi connectivity index (χ0) is 25.8. The van der Waals surface area contributed by atoms with Gasteiger partial charge in [0.2, 0.25) is 0 Å². The average Bonchev–Trinajstić information content (AvgIpc) is 3.29. The molecule has 1 aliphatic rings. The van der Waals surface area contributed by atoms with E-state index in [0.29, 0.717) is 22.6 Å². The molecule has 0 unspecified atom stereocenters. The number of benzene rings is 2. The molecule has 4 rings (SSSR count). The number of unbranched alkanes of at least 4 members (excludes halogenated alkanes) is 1. The number of thioether (sulfide) groups is 1. The van der Waals surface area contributed by atoms with Gasteiger partial charge in [-0.25, -0.2) is 9.18 Å². The molecule has 36 heavy (non-hydrogen) atoms. The van der Waals surface area contributed by atoms with Gasteiger partial charge in [-0.3, -0.25) is 14.5 Å². The number of carbonyl (C=O) groups is 3. The van der Waals surface area contributed by atoms with Gasteiger partial charge in [-0.2, -0.15) is 0 Å². The highest BCUT2D eigenvalue weighted by atomic mass is 32.2. The van der Waals surface area contributed by atoms with Crippen molar-refractivity contribution in [1.29, 1.82) is 0 Å². The Labute approximate surface area is 213 Å². The lowest BCUT2D eigenvalue weighted by Crippen LogP contribution is -2.27. The minimum Gasteiger partial charge on any atom is -0.462 e. The highest BCUT2D eigenvalue weighted by Gasteiger charge is 2.35. The van der Waals surface area contributed by atoms with Crippen LogP contribution in [0.25, 0.3) is 11.8 Å². The van der Waals surface area contributed by atoms with Crippen LogP contribution in [0.15, 0.2) is 59.5 Å². The standard InChI is InChI=1S/C28H27FN2O4S/c1-4-5-14-35-27(33)21-8-12-24(13-9-21)31-18(2)15-22(19(31)3)16-25-26(32)30(28(34)36-25)17-20-6-10-23(29)11-7-20/h6-13,15-16H,4-5,14,17H2,1-3H3/b25-16-. The van der Waals surface area contributed by atoms with Crippen LogP contribution in [-0.4, -0.2) is 33.2 Å². The van der Waals surface area contributed by atoms with Crippen molar-refractivity contribution in [2.75, 3.05) is 6.61 Å². The van der Waals surface area contributed by atoms with Gasteiger partial charge in [-0.1, -0.05) is 25.5 Å². The first-order valence-corrected chi connectivity index (χ1v) is 12.6. The number of esters is 1. The van der Waals surface area contributed by atoms with Crippen molar-refractivity contribution in [3.8, 4) is 5.69 Å². The van der Waals surface area contributed by atoms with E-state index < -0.39 is 0 Å². The monoisotopic (exact) mass is 506 g/mol. The highest BCUT2D eigenvalue weighted by molar-refractivity contribution is 8.18. The molecule has 0 radical (unpaired) electrons. The third-order valence-corrected chi connectivity index (χ3v) is 6.88. The Kier molecular flexibility index (Phi) is 7.74. The molecule has 0 aliphatic carbocycles. The maximum absolute atomic E-state index is 13.2. The summed E-state index contributed by atoms with van der Waals surface area (Å²) in [4.78, 5) is 39.2. The van der Waals surface area contributed by atoms with E-state index in [9.17, 15) is 18.8 Å². The summed E-state index contributed by atoms with van der Waals surface area (Å²) >= 11 is 0.896. The van der Waals surface area contributed by atoms with Gasteiger partial charge in [-0.05, 0) is 91.7 Å². The number of aromatic nitrogens is 1. The Balaban J connectivity index is 1.53. The summed E-state index contributed by atoms with van der Waals surface area (Å²) in [5, 5.41) is -0.356. The van der Waals surface area contributed by atoms with Crippen LogP contribution >= 0.6 is 11.8 Å². The summed E-state index contributed by atoms with van der Waals surface area (Å²) < 4.78 is 20.5. The van der Waals surface area contributed by atoms with Gasteiger partial charge in [0.25, 0.3) is 11.1 Å². The zero-order valence-corrected chi connectivity index (χ0v) is 21.2. The number of imide groups is 1. The molecule has 186 valence electrons. The normalized spacial score (nSPS) is 14.7. The van der Waals surface area contributed by atoms with Gasteiger partial charge in [0.1, 0.15) is 5.82 Å². The molecule has 6 nitrogen and oxygen atoms in total. The molecule has 1 fully saturated rings. The second kappa shape index (κ2) is 11.0. The molecule has 0 bridgehead atoms. The van der Waals surface area contributed by atoms with E-state index in [0.717, 1.165) is 47.2 Å². The summed E-state index contributed by atoms with van der Waals surface area (Å²) in [6, 6.07) is 14.9. The van der Waals surface area contributed by atoms with Crippen molar-refractivity contribution in [2.24, 2.45) is 0 Å². The summed E-state index contributed by atoms with van der Waals surface area (Å²) in [5.74, 6) is -1.08. The van der Waals surface area contributed by atoms with Crippen LogP contribution in [0.2, 0.25) is 0 Å². The predicted octanol–water partition coefficient (Wildman–Crippen LogP) is 6.43. The largest absolute Gasteiger partial charge is 0.462 e. The van der Waals surface area contributed by atoms with E-state index in [4.69, 9.17) is 4.74 Å². The second-order valence-electron chi connectivity index (χ2n) is 8.59. The molecule has 3 aromatic rings. The minimum absolute atomic E-state index is 0.0918. The van der Waals surface area contributed by atoms with Crippen molar-refractivity contribution in [3.05, 3.63) is 93.4 Å². The van der Waals surface area contributed by atoms with Crippen molar-refractivity contribution in [1.82, 2.24) is 9.47 Å². The summed E-state index contributed by atoms with van der Waals surface area (Å²) in [6.07, 6.45) is 3.52. The molecule has 2 heterocycles. The van der Waals surface area contributed by atoms with Crippen molar-refractivity contribution in [3.63, 3.8) is 0 Å². The minimum atomic E-state index is -0.371. The van der Waals surface area contributed by atoms with Crippen LogP contribution in [0.3, 0.4) is 0 Å². The molecule has 1 saturated heterocycles. The number of nitrogens with zero attached hydrogens (tertiary/aromatic N) is 2. The first-order valence-electron chi connectivity index (χ1n) is 11.7. The Morgan fingerprint density at radius 2 is 1.75 bits per heavy atom. The van der Waals surface area contributed by atoms with Crippen molar-refractivity contribution < 1.29 is 23.5 Å². The molecule has 0 spiro atoms. The molecule has 0 N–H and O–H groups in total. The smallest absolute Gasteiger partial charge is 0.338 e. The maximum Gasteiger partial charge on any atom is 0.338 e. The van der Waals surface area contributed by atoms with E-state index in [1.165, 1.54) is 17.0 Å². The zero-order valence-electron chi connectivity index (χ0n) is 20.4. The number of halogens is 1. The molecule has 0 saturated carbocycles. The van der Waals surface area contributed by atoms with E-state index in [1.807, 2.05) is 43.5 Å². The lowest BCUT2D eigenvalue weighted by atomic mass is 10.2. The summed E-state index contributed by atoms with van der Waals surface area (Å²) in [7, 11) is 0. The molecule has 2 amide bonds. The molecule has 8 heteroatoms. The molecule has 2 aromatic carbocycles. The lowest BCUT2D eigenvalue weighted by Gasteiger charge is -2.12. The topological polar surface area (TPSA) is 68.6 Å². The summed E-state index contributed by atoms with van der Waals surface area (Å²) in [6.45, 7) is 6.43. The van der Waals surface area contributed by atoms with E-state index in [1.54, 1.807) is 30.3 Å². The third kappa shape index (κ3) is 5.44. The maximum atomic E-state index is 13.2. The Morgan fingerprint density at radius 3 is 2.42 bits per heavy atom. The van der Waals surface area contributed by atoms with Gasteiger partial charge in [-0.15, -0.1) is 0 Å². The predicted molar refractivity (Wildman–Crippen MR) is 138 cm³/mol. The van der Waals surface area contributed by atoms with Gasteiger partial charge in [0, 0.05) is 17.1 Å². The number of aryl methyl sites for hydroxylation is 1. The van der Waals surface area contributed by atoms with Crippen LogP contribution < -0.4 is 0 Å². The number of amides is 2. The number of hydrogen-bond donors (Lipinski definition) is 0. The number of ether oxygens (including phenoxy) is 1. The Hall–Kier alpha value is -3.65. The van der Waals surface area contributed by atoms with Crippen LogP contribution in [0.1, 0.15) is 52.6 Å². The van der Waals surface area contributed by atoms with Gasteiger partial charge < -0.3 is 9.30 Å². The van der Waals surface area contributed by atoms with E-state index in [2.05, 4.69) is 0 Å². The fourth-order valence-electron chi connectivity index (χ4n) is 4.02. The molecule has 1 aromatic heterocycles.